The molecule has 2 aliphatic rings. The van der Waals surface area contributed by atoms with Gasteiger partial charge in [-0.25, -0.2) is 4.98 Å². The van der Waals surface area contributed by atoms with Crippen LogP contribution in [-0.2, 0) is 22.6 Å². The van der Waals surface area contributed by atoms with Crippen molar-refractivity contribution in [2.75, 3.05) is 53.5 Å². The third-order valence-corrected chi connectivity index (χ3v) is 6.28. The van der Waals surface area contributed by atoms with Crippen LogP contribution in [0.3, 0.4) is 0 Å². The molecule has 2 fully saturated rings. The number of ether oxygens (including phenoxy) is 1. The molecule has 7 nitrogen and oxygen atoms in total. The Balaban J connectivity index is 1.67. The normalized spacial score (nSPS) is 25.3. The SMILES string of the molecule is CCCn1ccnc1CN1CCN(C)C2(CCC(=O)N(CCOC)CC2)C1. The van der Waals surface area contributed by atoms with Crippen molar-refractivity contribution in [1.29, 1.82) is 0 Å². The monoisotopic (exact) mass is 377 g/mol. The molecule has 0 aromatic carbocycles. The van der Waals surface area contributed by atoms with E-state index in [1.165, 1.54) is 0 Å². The third-order valence-electron chi connectivity index (χ3n) is 6.28. The van der Waals surface area contributed by atoms with Gasteiger partial charge >= 0.3 is 0 Å². The van der Waals surface area contributed by atoms with E-state index in [0.29, 0.717) is 19.6 Å². The molecule has 0 saturated carbocycles. The van der Waals surface area contributed by atoms with Crippen LogP contribution < -0.4 is 0 Å². The molecule has 2 saturated heterocycles. The first-order valence-electron chi connectivity index (χ1n) is 10.3. The van der Waals surface area contributed by atoms with Crippen molar-refractivity contribution in [3.8, 4) is 0 Å². The van der Waals surface area contributed by atoms with Crippen molar-refractivity contribution in [3.63, 3.8) is 0 Å². The number of aromatic nitrogens is 2. The second kappa shape index (κ2) is 9.17. The van der Waals surface area contributed by atoms with Crippen LogP contribution >= 0.6 is 0 Å². The van der Waals surface area contributed by atoms with Crippen LogP contribution in [0.15, 0.2) is 12.4 Å². The van der Waals surface area contributed by atoms with Gasteiger partial charge in [-0.15, -0.1) is 0 Å². The molecule has 1 spiro atoms. The van der Waals surface area contributed by atoms with E-state index in [1.54, 1.807) is 7.11 Å². The van der Waals surface area contributed by atoms with Gasteiger partial charge in [-0.3, -0.25) is 14.6 Å². The molecule has 1 atom stereocenters. The number of nitrogens with zero attached hydrogens (tertiary/aromatic N) is 5. The number of methoxy groups -OCH3 is 1. The van der Waals surface area contributed by atoms with Crippen LogP contribution in [0.5, 0.6) is 0 Å². The number of rotatable bonds is 7. The zero-order valence-corrected chi connectivity index (χ0v) is 17.2. The quantitative estimate of drug-likeness (QED) is 0.720. The third kappa shape index (κ3) is 4.70. The van der Waals surface area contributed by atoms with E-state index in [1.807, 2.05) is 11.1 Å². The number of imidazole rings is 1. The Hall–Kier alpha value is -1.44. The maximum absolute atomic E-state index is 12.5. The molecule has 2 aliphatic heterocycles. The minimum atomic E-state index is 0.0813. The summed E-state index contributed by atoms with van der Waals surface area (Å²) in [5, 5.41) is 0. The smallest absolute Gasteiger partial charge is 0.222 e. The molecule has 0 bridgehead atoms. The maximum atomic E-state index is 12.5. The first kappa shape index (κ1) is 20.3. The predicted molar refractivity (Wildman–Crippen MR) is 105 cm³/mol. The summed E-state index contributed by atoms with van der Waals surface area (Å²) in [6.07, 6.45) is 7.71. The maximum Gasteiger partial charge on any atom is 0.222 e. The number of aryl methyl sites for hydroxylation is 1. The summed E-state index contributed by atoms with van der Waals surface area (Å²) < 4.78 is 7.45. The van der Waals surface area contributed by atoms with E-state index in [0.717, 1.165) is 64.4 Å². The molecule has 7 heteroatoms. The molecular weight excluding hydrogens is 342 g/mol. The van der Waals surface area contributed by atoms with Crippen LogP contribution in [-0.4, -0.2) is 89.2 Å². The highest BCUT2D eigenvalue weighted by molar-refractivity contribution is 5.76. The fraction of sp³-hybridized carbons (Fsp3) is 0.800. The molecule has 27 heavy (non-hydrogen) atoms. The fourth-order valence-corrected chi connectivity index (χ4v) is 4.48. The van der Waals surface area contributed by atoms with Gasteiger partial charge in [-0.2, -0.15) is 0 Å². The fourth-order valence-electron chi connectivity index (χ4n) is 4.48. The summed E-state index contributed by atoms with van der Waals surface area (Å²) in [7, 11) is 3.92. The predicted octanol–water partition coefficient (Wildman–Crippen LogP) is 1.44. The molecule has 1 amide bonds. The average molecular weight is 378 g/mol. The topological polar surface area (TPSA) is 53.8 Å². The molecule has 0 N–H and O–H groups in total. The van der Waals surface area contributed by atoms with E-state index >= 15 is 0 Å². The van der Waals surface area contributed by atoms with E-state index in [9.17, 15) is 4.79 Å². The lowest BCUT2D eigenvalue weighted by Crippen LogP contribution is -2.60. The summed E-state index contributed by atoms with van der Waals surface area (Å²) in [6.45, 7) is 9.36. The van der Waals surface area contributed by atoms with E-state index in [-0.39, 0.29) is 11.4 Å². The van der Waals surface area contributed by atoms with Gasteiger partial charge in [0.25, 0.3) is 0 Å². The van der Waals surface area contributed by atoms with Crippen molar-refractivity contribution in [1.82, 2.24) is 24.3 Å². The molecule has 0 radical (unpaired) electrons. The van der Waals surface area contributed by atoms with Crippen LogP contribution in [0.4, 0.5) is 0 Å². The van der Waals surface area contributed by atoms with Gasteiger partial charge in [-0.1, -0.05) is 6.92 Å². The standard InChI is InChI=1S/C20H35N5O2/c1-4-9-24-11-8-21-18(24)16-23-13-12-22(2)20(17-23)6-5-19(26)25(10-7-20)14-15-27-3/h8,11H,4-7,9-10,12-17H2,1-3H3. The zero-order chi connectivity index (χ0) is 19.3. The Kier molecular flexibility index (Phi) is 6.89. The van der Waals surface area contributed by atoms with Crippen LogP contribution in [0.1, 0.15) is 38.4 Å². The number of likely N-dealkylation sites (N-methyl/N-ethyl adjacent to an activating group) is 1. The summed E-state index contributed by atoms with van der Waals surface area (Å²) in [6, 6.07) is 0. The molecular formula is C20H35N5O2. The Morgan fingerprint density at radius 1 is 1.22 bits per heavy atom. The van der Waals surface area contributed by atoms with Crippen LogP contribution in [0.25, 0.3) is 0 Å². The van der Waals surface area contributed by atoms with Crippen molar-refractivity contribution in [3.05, 3.63) is 18.2 Å². The Morgan fingerprint density at radius 2 is 2.07 bits per heavy atom. The number of carbonyl (C=O) groups is 1. The average Bonchev–Trinajstić information content (AvgIpc) is 3.03. The van der Waals surface area contributed by atoms with Gasteiger partial charge in [0.1, 0.15) is 5.82 Å². The Labute approximate surface area is 163 Å². The van der Waals surface area contributed by atoms with E-state index in [2.05, 4.69) is 39.5 Å². The van der Waals surface area contributed by atoms with Gasteiger partial charge in [0.05, 0.1) is 13.2 Å². The van der Waals surface area contributed by atoms with E-state index < -0.39 is 0 Å². The zero-order valence-electron chi connectivity index (χ0n) is 17.2. The molecule has 1 aromatic heterocycles. The summed E-state index contributed by atoms with van der Waals surface area (Å²) in [5.74, 6) is 1.43. The van der Waals surface area contributed by atoms with Gasteiger partial charge in [-0.05, 0) is 26.3 Å². The lowest BCUT2D eigenvalue weighted by Gasteiger charge is -2.49. The minimum Gasteiger partial charge on any atom is -0.383 e. The summed E-state index contributed by atoms with van der Waals surface area (Å²) in [5.41, 5.74) is 0.0813. The van der Waals surface area contributed by atoms with Crippen molar-refractivity contribution < 1.29 is 9.53 Å². The second-order valence-corrected chi connectivity index (χ2v) is 8.02. The van der Waals surface area contributed by atoms with Gasteiger partial charge in [0.2, 0.25) is 5.91 Å². The number of amides is 1. The van der Waals surface area contributed by atoms with Gasteiger partial charge in [0.15, 0.2) is 0 Å². The van der Waals surface area contributed by atoms with Crippen LogP contribution in [0, 0.1) is 0 Å². The first-order chi connectivity index (χ1) is 13.1. The molecule has 3 heterocycles. The minimum absolute atomic E-state index is 0.0813. The highest BCUT2D eigenvalue weighted by atomic mass is 16.5. The van der Waals surface area contributed by atoms with Gasteiger partial charge in [0, 0.05) is 70.7 Å². The van der Waals surface area contributed by atoms with Crippen molar-refractivity contribution in [2.24, 2.45) is 0 Å². The molecule has 1 aromatic rings. The first-order valence-corrected chi connectivity index (χ1v) is 10.3. The van der Waals surface area contributed by atoms with Crippen LogP contribution in [0.2, 0.25) is 0 Å². The number of hydrogen-bond acceptors (Lipinski definition) is 5. The van der Waals surface area contributed by atoms with Crippen molar-refractivity contribution >= 4 is 5.91 Å². The highest BCUT2D eigenvalue weighted by Crippen LogP contribution is 2.32. The number of piperazine rings is 1. The second-order valence-electron chi connectivity index (χ2n) is 8.02. The largest absolute Gasteiger partial charge is 0.383 e. The summed E-state index contributed by atoms with van der Waals surface area (Å²) >= 11 is 0. The van der Waals surface area contributed by atoms with Gasteiger partial charge < -0.3 is 14.2 Å². The Morgan fingerprint density at radius 3 is 2.85 bits per heavy atom. The highest BCUT2D eigenvalue weighted by Gasteiger charge is 2.42. The summed E-state index contributed by atoms with van der Waals surface area (Å²) in [4.78, 5) is 24.1. The number of carbonyl (C=O) groups excluding carboxylic acids is 1. The lowest BCUT2D eigenvalue weighted by molar-refractivity contribution is -0.131. The number of hydrogen-bond donors (Lipinski definition) is 0. The van der Waals surface area contributed by atoms with Crippen molar-refractivity contribution in [2.45, 2.75) is 51.2 Å². The molecule has 1 unspecified atom stereocenters. The van der Waals surface area contributed by atoms with E-state index in [4.69, 9.17) is 4.74 Å². The number of likely N-dealkylation sites (tertiary alicyclic amines) is 1. The molecule has 3 rings (SSSR count). The molecule has 152 valence electrons. The lowest BCUT2D eigenvalue weighted by atomic mass is 9.86. The molecule has 0 aliphatic carbocycles. The Bertz CT molecular complexity index is 619.